The second-order valence-corrected chi connectivity index (χ2v) is 8.45. The number of hydrogen-bond donors (Lipinski definition) is 0. The number of hydrogen-bond acceptors (Lipinski definition) is 3. The molecule has 0 bridgehead atoms. The van der Waals surface area contributed by atoms with Crippen molar-refractivity contribution in [3.8, 4) is 0 Å². The molecule has 0 radical (unpaired) electrons. The molecular weight excluding hydrogens is 393 g/mol. The van der Waals surface area contributed by atoms with Crippen molar-refractivity contribution in [2.75, 3.05) is 32.7 Å². The van der Waals surface area contributed by atoms with Crippen LogP contribution >= 0.6 is 0 Å². The minimum absolute atomic E-state index is 0.0260. The molecule has 2 aromatic carbocycles. The molecule has 2 fully saturated rings. The molecule has 6 heteroatoms. The molecule has 164 valence electrons. The third-order valence-corrected chi connectivity index (χ3v) is 6.31. The maximum absolute atomic E-state index is 14.0. The number of rotatable bonds is 5. The Hall–Kier alpha value is -2.73. The summed E-state index contributed by atoms with van der Waals surface area (Å²) < 4.78 is 14.0. The number of benzene rings is 2. The zero-order valence-electron chi connectivity index (χ0n) is 17.9. The summed E-state index contributed by atoms with van der Waals surface area (Å²) in [7, 11) is 0. The highest BCUT2D eigenvalue weighted by Crippen LogP contribution is 2.22. The lowest BCUT2D eigenvalue weighted by Gasteiger charge is -2.30. The van der Waals surface area contributed by atoms with Crippen LogP contribution in [0.15, 0.2) is 54.6 Å². The second kappa shape index (κ2) is 10.1. The number of amides is 2. The van der Waals surface area contributed by atoms with Gasteiger partial charge in [-0.3, -0.25) is 14.5 Å². The van der Waals surface area contributed by atoms with Gasteiger partial charge in [0.05, 0.1) is 6.42 Å². The van der Waals surface area contributed by atoms with Gasteiger partial charge in [-0.05, 0) is 30.9 Å². The molecule has 2 heterocycles. The maximum atomic E-state index is 14.0. The van der Waals surface area contributed by atoms with Crippen LogP contribution < -0.4 is 0 Å². The largest absolute Gasteiger partial charge is 0.340 e. The molecule has 31 heavy (non-hydrogen) atoms. The summed E-state index contributed by atoms with van der Waals surface area (Å²) in [6.45, 7) is 4.05. The van der Waals surface area contributed by atoms with E-state index in [9.17, 15) is 14.0 Å². The van der Waals surface area contributed by atoms with Crippen LogP contribution in [0.4, 0.5) is 4.39 Å². The van der Waals surface area contributed by atoms with Gasteiger partial charge in [0, 0.05) is 44.8 Å². The number of carbonyl (C=O) groups excluding carboxylic acids is 2. The predicted molar refractivity (Wildman–Crippen MR) is 118 cm³/mol. The Morgan fingerprint density at radius 1 is 0.871 bits per heavy atom. The molecule has 0 aliphatic carbocycles. The first kappa shape index (κ1) is 21.5. The molecule has 1 unspecified atom stereocenters. The van der Waals surface area contributed by atoms with Gasteiger partial charge >= 0.3 is 0 Å². The average molecular weight is 424 g/mol. The smallest absolute Gasteiger partial charge is 0.245 e. The number of carbonyl (C=O) groups is 2. The Bertz CT molecular complexity index is 905. The van der Waals surface area contributed by atoms with Crippen molar-refractivity contribution in [3.63, 3.8) is 0 Å². The molecule has 2 aromatic rings. The maximum Gasteiger partial charge on any atom is 0.245 e. The van der Waals surface area contributed by atoms with Crippen LogP contribution in [0.1, 0.15) is 30.4 Å². The molecule has 2 aliphatic heterocycles. The lowest BCUT2D eigenvalue weighted by Crippen LogP contribution is -2.49. The molecule has 2 amide bonds. The minimum atomic E-state index is -0.352. The van der Waals surface area contributed by atoms with Gasteiger partial charge in [0.1, 0.15) is 11.9 Å². The first-order chi connectivity index (χ1) is 15.1. The highest BCUT2D eigenvalue weighted by atomic mass is 19.1. The van der Waals surface area contributed by atoms with E-state index in [-0.39, 0.29) is 23.7 Å². The summed E-state index contributed by atoms with van der Waals surface area (Å²) in [6.07, 6.45) is 2.78. The molecule has 0 saturated carbocycles. The molecule has 1 atom stereocenters. The van der Waals surface area contributed by atoms with Gasteiger partial charge in [-0.2, -0.15) is 0 Å². The molecule has 4 rings (SSSR count). The van der Waals surface area contributed by atoms with E-state index >= 15 is 0 Å². The predicted octanol–water partition coefficient (Wildman–Crippen LogP) is 3.09. The van der Waals surface area contributed by atoms with Crippen molar-refractivity contribution in [1.82, 2.24) is 14.7 Å². The van der Waals surface area contributed by atoms with E-state index in [0.717, 1.165) is 31.4 Å². The van der Waals surface area contributed by atoms with E-state index < -0.39 is 0 Å². The van der Waals surface area contributed by atoms with E-state index in [1.165, 1.54) is 6.07 Å². The van der Waals surface area contributed by atoms with Gasteiger partial charge in [0.15, 0.2) is 0 Å². The number of nitrogens with zero attached hydrogens (tertiary/aromatic N) is 3. The third-order valence-electron chi connectivity index (χ3n) is 6.31. The molecule has 2 saturated heterocycles. The summed E-state index contributed by atoms with van der Waals surface area (Å²) in [5.41, 5.74) is 1.67. The second-order valence-electron chi connectivity index (χ2n) is 8.45. The van der Waals surface area contributed by atoms with Crippen molar-refractivity contribution < 1.29 is 14.0 Å². The molecule has 5 nitrogen and oxygen atoms in total. The Labute approximate surface area is 183 Å². The molecule has 2 aliphatic rings. The summed E-state index contributed by atoms with van der Waals surface area (Å²) in [5, 5.41) is 0. The van der Waals surface area contributed by atoms with Crippen LogP contribution in [0.3, 0.4) is 0 Å². The number of halogens is 1. The first-order valence-corrected chi connectivity index (χ1v) is 11.2. The highest BCUT2D eigenvalue weighted by Gasteiger charge is 2.36. The lowest BCUT2D eigenvalue weighted by molar-refractivity contribution is -0.143. The molecule has 0 N–H and O–H groups in total. The van der Waals surface area contributed by atoms with E-state index in [1.54, 1.807) is 11.0 Å². The normalized spacial score (nSPS) is 20.0. The van der Waals surface area contributed by atoms with Crippen LogP contribution in [-0.4, -0.2) is 65.3 Å². The van der Waals surface area contributed by atoms with E-state index in [2.05, 4.69) is 4.90 Å². The van der Waals surface area contributed by atoms with Gasteiger partial charge < -0.3 is 9.80 Å². The number of likely N-dealkylation sites (tertiary alicyclic amines) is 1. The van der Waals surface area contributed by atoms with Gasteiger partial charge in [-0.15, -0.1) is 0 Å². The van der Waals surface area contributed by atoms with Crippen molar-refractivity contribution in [2.45, 2.75) is 38.3 Å². The average Bonchev–Trinajstić information content (AvgIpc) is 3.16. The fraction of sp³-hybridized carbons (Fsp3) is 0.440. The molecule has 0 spiro atoms. The van der Waals surface area contributed by atoms with Crippen LogP contribution in [0.5, 0.6) is 0 Å². The quantitative estimate of drug-likeness (QED) is 0.742. The SMILES string of the molecule is O=C(C1CCCN1C(=O)Cc1ccccc1)N1CCCN(Cc2ccccc2F)CC1. The monoisotopic (exact) mass is 423 g/mol. The van der Waals surface area contributed by atoms with Crippen LogP contribution in [0.2, 0.25) is 0 Å². The van der Waals surface area contributed by atoms with Gasteiger partial charge in [-0.25, -0.2) is 4.39 Å². The van der Waals surface area contributed by atoms with E-state index in [1.807, 2.05) is 47.4 Å². The van der Waals surface area contributed by atoms with Crippen molar-refractivity contribution in [2.24, 2.45) is 0 Å². The van der Waals surface area contributed by atoms with Crippen molar-refractivity contribution in [3.05, 3.63) is 71.5 Å². The summed E-state index contributed by atoms with van der Waals surface area (Å²) in [6, 6.07) is 16.2. The van der Waals surface area contributed by atoms with Gasteiger partial charge in [0.2, 0.25) is 11.8 Å². The Balaban J connectivity index is 1.35. The van der Waals surface area contributed by atoms with Gasteiger partial charge in [-0.1, -0.05) is 48.5 Å². The molecule has 0 aromatic heterocycles. The van der Waals surface area contributed by atoms with Crippen LogP contribution in [0, 0.1) is 5.82 Å². The zero-order chi connectivity index (χ0) is 21.6. The Morgan fingerprint density at radius 3 is 2.45 bits per heavy atom. The minimum Gasteiger partial charge on any atom is -0.340 e. The summed E-state index contributed by atoms with van der Waals surface area (Å²) in [5.74, 6) is -0.0945. The first-order valence-electron chi connectivity index (χ1n) is 11.2. The fourth-order valence-electron chi connectivity index (χ4n) is 4.62. The zero-order valence-corrected chi connectivity index (χ0v) is 17.9. The summed E-state index contributed by atoms with van der Waals surface area (Å²) >= 11 is 0. The molecular formula is C25H30FN3O2. The van der Waals surface area contributed by atoms with Crippen LogP contribution in [-0.2, 0) is 22.6 Å². The van der Waals surface area contributed by atoms with Gasteiger partial charge in [0.25, 0.3) is 0 Å². The topological polar surface area (TPSA) is 43.9 Å². The standard InChI is InChI=1S/C25H30FN3O2/c26-22-11-5-4-10-21(22)19-27-13-7-14-28(17-16-27)25(31)23-12-6-15-29(23)24(30)18-20-8-2-1-3-9-20/h1-5,8-11,23H,6-7,12-19H2. The lowest BCUT2D eigenvalue weighted by atomic mass is 10.1. The van der Waals surface area contributed by atoms with Crippen molar-refractivity contribution >= 4 is 11.8 Å². The van der Waals surface area contributed by atoms with E-state index in [0.29, 0.717) is 44.7 Å². The third kappa shape index (κ3) is 5.31. The highest BCUT2D eigenvalue weighted by molar-refractivity contribution is 5.89. The van der Waals surface area contributed by atoms with Crippen LogP contribution in [0.25, 0.3) is 0 Å². The van der Waals surface area contributed by atoms with Crippen molar-refractivity contribution in [1.29, 1.82) is 0 Å². The fourth-order valence-corrected chi connectivity index (χ4v) is 4.62. The Morgan fingerprint density at radius 2 is 1.65 bits per heavy atom. The summed E-state index contributed by atoms with van der Waals surface area (Å²) in [4.78, 5) is 32.1. The Kier molecular flexibility index (Phi) is 6.97. The van der Waals surface area contributed by atoms with E-state index in [4.69, 9.17) is 0 Å².